The van der Waals surface area contributed by atoms with Gasteiger partial charge in [0, 0.05) is 116 Å². The highest BCUT2D eigenvalue weighted by atomic mass is 32.2. The van der Waals surface area contributed by atoms with Crippen molar-refractivity contribution in [1.82, 2.24) is 38.0 Å². The molecule has 0 radical (unpaired) electrons. The lowest BCUT2D eigenvalue weighted by Crippen LogP contribution is -2.58. The summed E-state index contributed by atoms with van der Waals surface area (Å²) in [5, 5.41) is 10.2. The van der Waals surface area contributed by atoms with Gasteiger partial charge in [0.15, 0.2) is 20.2 Å². The van der Waals surface area contributed by atoms with E-state index in [0.29, 0.717) is 153 Å². The molecule has 2 N–H and O–H groups in total. The van der Waals surface area contributed by atoms with Crippen LogP contribution in [0.1, 0.15) is 166 Å². The number of methoxy groups -OCH3 is 3. The largest absolute Gasteiger partial charge is 0.497 e. The maximum atomic E-state index is 14.9. The summed E-state index contributed by atoms with van der Waals surface area (Å²) < 4.78 is 80.0. The summed E-state index contributed by atoms with van der Waals surface area (Å²) in [6.45, 7) is 13.4. The lowest BCUT2D eigenvalue weighted by atomic mass is 10.2. The van der Waals surface area contributed by atoms with E-state index < -0.39 is 110 Å². The first kappa shape index (κ1) is 122. The first-order valence-corrected chi connectivity index (χ1v) is 56.9. The van der Waals surface area contributed by atoms with Crippen LogP contribution in [0.2, 0.25) is 0 Å². The van der Waals surface area contributed by atoms with Crippen molar-refractivity contribution in [2.24, 2.45) is 0 Å². The Kier molecular flexibility index (Phi) is 58.3. The number of thioether (sulfide) groups is 6. The number of benzene rings is 3. The average Bonchev–Trinajstić information content (AvgIpc) is 1.13. The maximum absolute atomic E-state index is 14.9. The quantitative estimate of drug-likeness (QED) is 0.0264. The van der Waals surface area contributed by atoms with Crippen molar-refractivity contribution in [2.75, 3.05) is 122 Å². The van der Waals surface area contributed by atoms with Gasteiger partial charge in [-0.15, -0.1) is 34.0 Å². The Bertz CT molecular complexity index is 5760. The minimum atomic E-state index is -1.09. The summed E-state index contributed by atoms with van der Waals surface area (Å²) in [6.07, 6.45) is -0.822. The van der Waals surface area contributed by atoms with Crippen molar-refractivity contribution in [1.29, 1.82) is 0 Å². The summed E-state index contributed by atoms with van der Waals surface area (Å²) in [5.74, 6) is 1.38. The van der Waals surface area contributed by atoms with Gasteiger partial charge in [-0.2, -0.15) is 0 Å². The number of nitrogens with zero attached hydrogens (tertiary/aromatic N) is 6. The molecule has 0 saturated carbocycles. The number of ether oxygens (including phenoxy) is 13. The summed E-state index contributed by atoms with van der Waals surface area (Å²) in [6, 6.07) is 29.9. The maximum Gasteiger partial charge on any atom is 0.336 e. The van der Waals surface area contributed by atoms with Gasteiger partial charge in [-0.25, -0.2) is 56.2 Å². The van der Waals surface area contributed by atoms with Gasteiger partial charge in [-0.1, -0.05) is 130 Å². The number of thiophene rings is 3. The summed E-state index contributed by atoms with van der Waals surface area (Å²) in [7, 11) is 4.53. The summed E-state index contributed by atoms with van der Waals surface area (Å²) >= 11 is 42.4. The lowest BCUT2D eigenvalue weighted by molar-refractivity contribution is 0.0471. The van der Waals surface area contributed by atoms with Crippen molar-refractivity contribution in [2.45, 2.75) is 182 Å². The second-order valence-electron chi connectivity index (χ2n) is 30.8. The Morgan fingerprint density at radius 1 is 0.308 bits per heavy atom. The Labute approximate surface area is 899 Å². The van der Waals surface area contributed by atoms with Crippen LogP contribution in [0.25, 0.3) is 0 Å². The molecule has 5 aromatic heterocycles. The average molecular weight is 2260 g/mol. The van der Waals surface area contributed by atoms with Crippen molar-refractivity contribution in [3.05, 3.63) is 220 Å². The topological polar surface area (TPSA) is 378 Å². The fraction of sp³-hybridized carbons (Fsp3) is 0.495. The van der Waals surface area contributed by atoms with Crippen LogP contribution in [-0.4, -0.2) is 247 Å². The molecule has 33 nitrogen and oxygen atoms in total. The number of nitrogens with one attached hydrogen (secondary N) is 2. The van der Waals surface area contributed by atoms with Gasteiger partial charge in [0.1, 0.15) is 53.9 Å². The molecule has 48 heteroatoms. The Morgan fingerprint density at radius 2 is 0.545 bits per heavy atom. The van der Waals surface area contributed by atoms with Gasteiger partial charge in [0.25, 0.3) is 10.3 Å². The van der Waals surface area contributed by atoms with Crippen LogP contribution >= 0.6 is 178 Å². The number of carbonyl (C=O) groups is 6. The van der Waals surface area contributed by atoms with E-state index in [1.165, 1.54) is 55.3 Å². The molecule has 780 valence electrons. The first-order chi connectivity index (χ1) is 69.0. The molecule has 0 fully saturated rings. The molecule has 0 aliphatic carbocycles. The van der Waals surface area contributed by atoms with E-state index in [1.807, 2.05) is 27.7 Å². The molecular weight excluding hydrogens is 2130 g/mol. The Balaban J connectivity index is 0.000000391. The van der Waals surface area contributed by atoms with Crippen LogP contribution in [0.15, 0.2) is 154 Å². The van der Waals surface area contributed by atoms with Crippen LogP contribution < -0.4 is 59.0 Å². The van der Waals surface area contributed by atoms with Gasteiger partial charge in [0.05, 0.1) is 102 Å². The van der Waals surface area contributed by atoms with Crippen molar-refractivity contribution in [3.63, 3.8) is 0 Å². The molecular formula is C95H120N8O25S15. The molecule has 0 amide bonds. The standard InChI is InChI=1S/C52H66N4O14S6.C43H54N4O11S9/c1-7-24-53-49(73)70-43(34-76-48(59)37-16-22-40(65-6)23-17-37)31-56-51(61)54(29-41(68-44(71)9-3)32-74-46(57)35-12-18-38(63-4)19-13-35)50(60)55(52(56)62)30-42(33-75-47(58)36-14-20-39(64-5)21-15-36)69-45(72)11-10-26-67-28-27-66-25-8-2;1-4-15-44-40(61)58-31(28-67-39(50)34-13-10-22-64-34)25-47-42(52)45(23-29(56-35(59)6-3)26-65-37(48)32-11-8-20-62-32)41(51)46(43(47)53)24-30(27-66-38(49)33-12-9-21-63-33)57-36(60)14-7-17-55-19-18-54-16-5-2/h12-23,41-43H,7-11,24-34H2,1-6H3,(H,53,73);8-13,20-22,29-31H,4-7,14-19,23-28H2,1-3H3,(H,44,61). The third-order valence-electron chi connectivity index (χ3n) is 19.8. The van der Waals surface area contributed by atoms with Crippen molar-refractivity contribution < 1.29 is 90.3 Å². The number of carbonyl (C=O) groups excluding carboxylic acids is 6. The second kappa shape index (κ2) is 68.4. The normalized spacial score (nSPS) is 12.3. The molecule has 5 heterocycles. The van der Waals surface area contributed by atoms with Gasteiger partial charge < -0.3 is 72.2 Å². The van der Waals surface area contributed by atoms with Crippen LogP contribution in [-0.2, 0) is 86.6 Å². The molecule has 0 spiro atoms. The van der Waals surface area contributed by atoms with Gasteiger partial charge in [-0.3, -0.25) is 28.8 Å². The molecule has 6 atom stereocenters. The van der Waals surface area contributed by atoms with Crippen LogP contribution in [0.5, 0.6) is 17.2 Å². The molecule has 0 saturated heterocycles. The number of hydrogen-bond donors (Lipinski definition) is 2. The highest BCUT2D eigenvalue weighted by Gasteiger charge is 2.32. The highest BCUT2D eigenvalue weighted by molar-refractivity contribution is 8.15. The zero-order valence-corrected chi connectivity index (χ0v) is 93.0. The number of aromatic nitrogens is 6. The van der Waals surface area contributed by atoms with E-state index in [2.05, 4.69) is 10.6 Å². The van der Waals surface area contributed by atoms with Gasteiger partial charge in [0.2, 0.25) is 30.7 Å². The Hall–Kier alpha value is -8.12. The number of rotatable bonds is 63. The van der Waals surface area contributed by atoms with Gasteiger partial charge >= 0.3 is 34.1 Å². The molecule has 6 unspecified atom stereocenters. The van der Waals surface area contributed by atoms with E-state index >= 15 is 0 Å². The minimum Gasteiger partial charge on any atom is -0.497 e. The first-order valence-electron chi connectivity index (χ1n) is 45.9. The lowest BCUT2D eigenvalue weighted by Gasteiger charge is -2.24. The molecule has 3 aromatic carbocycles. The molecule has 8 aromatic rings. The zero-order valence-electron chi connectivity index (χ0n) is 80.7. The summed E-state index contributed by atoms with van der Waals surface area (Å²) in [5.41, 5.74) is -5.03. The predicted molar refractivity (Wildman–Crippen MR) is 595 cm³/mol. The van der Waals surface area contributed by atoms with Crippen LogP contribution in [0, 0.1) is 0 Å². The molecule has 0 aliphatic heterocycles. The minimum absolute atomic E-state index is 0.00339. The van der Waals surface area contributed by atoms with Crippen LogP contribution in [0.4, 0.5) is 0 Å². The van der Waals surface area contributed by atoms with Crippen LogP contribution in [0.3, 0.4) is 0 Å². The Morgan fingerprint density at radius 3 is 0.769 bits per heavy atom. The smallest absolute Gasteiger partial charge is 0.336 e. The monoisotopic (exact) mass is 2250 g/mol. The number of hydrogen-bond acceptors (Lipinski definition) is 40. The second-order valence-corrected chi connectivity index (χ2v) is 42.1. The van der Waals surface area contributed by atoms with E-state index in [4.69, 9.17) is 135 Å². The van der Waals surface area contributed by atoms with E-state index in [-0.39, 0.29) is 102 Å². The fourth-order valence-corrected chi connectivity index (χ4v) is 21.1. The molecule has 8 rings (SSSR count). The van der Waals surface area contributed by atoms with Gasteiger partial charge in [-0.05, 0) is 219 Å². The fourth-order valence-electron chi connectivity index (χ4n) is 12.5. The molecule has 143 heavy (non-hydrogen) atoms. The van der Waals surface area contributed by atoms with E-state index in [0.717, 1.165) is 117 Å². The number of thiocarbonyl (C=S) groups is 6. The van der Waals surface area contributed by atoms with E-state index in [1.54, 1.807) is 139 Å². The zero-order chi connectivity index (χ0) is 104. The van der Waals surface area contributed by atoms with Crippen molar-refractivity contribution >= 4 is 239 Å². The summed E-state index contributed by atoms with van der Waals surface area (Å²) in [4.78, 5) is 170. The predicted octanol–water partition coefficient (Wildman–Crippen LogP) is 15.5. The molecule has 0 bridgehead atoms. The third-order valence-corrected chi connectivity index (χ3v) is 30.8. The van der Waals surface area contributed by atoms with E-state index in [9.17, 15) is 57.5 Å². The SMILES string of the molecule is CCCNC(=S)OC(CSC(=O)c1ccc(OC)cc1)Cn1c(=O)n(CC(CSC(=O)c2ccc(OC)cc2)OC(=S)CC)c(=O)n(CC(CSC(=O)c2ccc(OC)cc2)OC(=S)CCCOCCOCCC)c1=O.CCCNC(=S)OC(CSC(=O)c1cccs1)Cn1c(=O)n(CC(CSC(=O)c2cccs2)OC(=S)CC)c(=O)n(CC(CSC(=O)c2cccs2)OC(=S)CCCOCCOCCC)c1=O. The van der Waals surface area contributed by atoms with Crippen molar-refractivity contribution in [3.8, 4) is 17.2 Å². The highest BCUT2D eigenvalue weighted by Crippen LogP contribution is 2.27. The third kappa shape index (κ3) is 43.7. The molecule has 0 aliphatic rings.